The molecule has 1 atom stereocenters. The van der Waals surface area contributed by atoms with Gasteiger partial charge in [0.15, 0.2) is 0 Å². The molecule has 2 heterocycles. The molecular formula is C17H29N3O2S. The summed E-state index contributed by atoms with van der Waals surface area (Å²) < 4.78 is 14.0. The van der Waals surface area contributed by atoms with Gasteiger partial charge in [-0.15, -0.1) is 0 Å². The third-order valence-electron chi connectivity index (χ3n) is 4.49. The SMILES string of the molecule is CCc1c(C(=O)N2CCS(=O)C(C)(C)CC2)cnn1CC(C)C. The first-order chi connectivity index (χ1) is 10.8. The monoisotopic (exact) mass is 339 g/mol. The fourth-order valence-electron chi connectivity index (χ4n) is 2.94. The molecule has 1 amide bonds. The maximum atomic E-state index is 12.9. The summed E-state index contributed by atoms with van der Waals surface area (Å²) in [7, 11) is -0.886. The Balaban J connectivity index is 2.20. The number of aromatic nitrogens is 2. The third-order valence-corrected chi connectivity index (χ3v) is 6.48. The Morgan fingerprint density at radius 1 is 1.39 bits per heavy atom. The molecule has 1 aliphatic rings. The molecule has 1 aromatic heterocycles. The molecule has 130 valence electrons. The summed E-state index contributed by atoms with van der Waals surface area (Å²) in [5.74, 6) is 1.08. The minimum atomic E-state index is -0.886. The molecule has 0 bridgehead atoms. The van der Waals surface area contributed by atoms with Crippen LogP contribution >= 0.6 is 0 Å². The van der Waals surface area contributed by atoms with Gasteiger partial charge in [-0.25, -0.2) is 0 Å². The van der Waals surface area contributed by atoms with Gasteiger partial charge in [-0.05, 0) is 32.6 Å². The van der Waals surface area contributed by atoms with Crippen LogP contribution < -0.4 is 0 Å². The summed E-state index contributed by atoms with van der Waals surface area (Å²) in [6, 6.07) is 0. The van der Waals surface area contributed by atoms with Gasteiger partial charge in [0.2, 0.25) is 0 Å². The van der Waals surface area contributed by atoms with Crippen LogP contribution in [0.1, 0.15) is 57.1 Å². The fraction of sp³-hybridized carbons (Fsp3) is 0.765. The van der Waals surface area contributed by atoms with Crippen molar-refractivity contribution in [2.45, 2.75) is 58.8 Å². The van der Waals surface area contributed by atoms with Crippen LogP contribution in [0, 0.1) is 5.92 Å². The van der Waals surface area contributed by atoms with E-state index in [1.165, 1.54) is 0 Å². The molecule has 6 heteroatoms. The molecule has 2 rings (SSSR count). The maximum absolute atomic E-state index is 12.9. The van der Waals surface area contributed by atoms with E-state index in [9.17, 15) is 9.00 Å². The van der Waals surface area contributed by atoms with E-state index in [0.29, 0.717) is 30.3 Å². The summed E-state index contributed by atoms with van der Waals surface area (Å²) in [4.78, 5) is 14.8. The molecule has 0 saturated carbocycles. The average molecular weight is 340 g/mol. The van der Waals surface area contributed by atoms with Crippen molar-refractivity contribution in [1.82, 2.24) is 14.7 Å². The highest BCUT2D eigenvalue weighted by Crippen LogP contribution is 2.23. The highest BCUT2D eigenvalue weighted by Gasteiger charge is 2.32. The van der Waals surface area contributed by atoms with Crippen LogP contribution in [0.3, 0.4) is 0 Å². The Bertz CT molecular complexity index is 593. The molecule has 1 aliphatic heterocycles. The lowest BCUT2D eigenvalue weighted by molar-refractivity contribution is 0.0763. The summed E-state index contributed by atoms with van der Waals surface area (Å²) in [6.45, 7) is 12.5. The van der Waals surface area contributed by atoms with E-state index in [1.54, 1.807) is 6.20 Å². The first-order valence-corrected chi connectivity index (χ1v) is 9.80. The highest BCUT2D eigenvalue weighted by atomic mass is 32.2. The number of amides is 1. The van der Waals surface area contributed by atoms with Crippen LogP contribution in [0.15, 0.2) is 6.20 Å². The van der Waals surface area contributed by atoms with Gasteiger partial charge in [-0.2, -0.15) is 5.10 Å². The van der Waals surface area contributed by atoms with Crippen LogP contribution in [0.2, 0.25) is 0 Å². The van der Waals surface area contributed by atoms with E-state index in [4.69, 9.17) is 0 Å². The highest BCUT2D eigenvalue weighted by molar-refractivity contribution is 7.86. The lowest BCUT2D eigenvalue weighted by atomic mass is 10.1. The quantitative estimate of drug-likeness (QED) is 0.847. The van der Waals surface area contributed by atoms with Gasteiger partial charge in [-0.1, -0.05) is 20.8 Å². The standard InChI is InChI=1S/C17H29N3O2S/c1-6-15-14(11-18-20(15)12-13(2)3)16(21)19-8-7-17(4,5)23(22)10-9-19/h11,13H,6-10,12H2,1-5H3. The molecule has 0 aliphatic carbocycles. The predicted octanol–water partition coefficient (Wildman–Crippen LogP) is 2.47. The summed E-state index contributed by atoms with van der Waals surface area (Å²) in [6.07, 6.45) is 3.27. The van der Waals surface area contributed by atoms with Gasteiger partial charge in [0, 0.05) is 40.9 Å². The molecular weight excluding hydrogens is 310 g/mol. The average Bonchev–Trinajstić information content (AvgIpc) is 2.81. The summed E-state index contributed by atoms with van der Waals surface area (Å²) >= 11 is 0. The molecule has 0 radical (unpaired) electrons. The molecule has 1 aromatic rings. The molecule has 1 unspecified atom stereocenters. The third kappa shape index (κ3) is 4.03. The lowest BCUT2D eigenvalue weighted by Gasteiger charge is -2.22. The maximum Gasteiger partial charge on any atom is 0.257 e. The number of carbonyl (C=O) groups excluding carboxylic acids is 1. The van der Waals surface area contributed by atoms with Crippen molar-refractivity contribution in [3.8, 4) is 0 Å². The Hall–Kier alpha value is -1.17. The second-order valence-corrected chi connectivity index (χ2v) is 9.49. The van der Waals surface area contributed by atoms with E-state index in [0.717, 1.165) is 25.1 Å². The van der Waals surface area contributed by atoms with Crippen molar-refractivity contribution in [2.75, 3.05) is 18.8 Å². The van der Waals surface area contributed by atoms with Crippen LogP contribution in [0.25, 0.3) is 0 Å². The van der Waals surface area contributed by atoms with E-state index in [2.05, 4.69) is 25.9 Å². The molecule has 1 saturated heterocycles. The van der Waals surface area contributed by atoms with Crippen LogP contribution in [-0.4, -0.2) is 48.4 Å². The zero-order chi connectivity index (χ0) is 17.2. The van der Waals surface area contributed by atoms with Crippen LogP contribution in [-0.2, 0) is 23.8 Å². The number of nitrogens with zero attached hydrogens (tertiary/aromatic N) is 3. The van der Waals surface area contributed by atoms with Crippen molar-refractivity contribution < 1.29 is 9.00 Å². The van der Waals surface area contributed by atoms with Crippen molar-refractivity contribution in [3.05, 3.63) is 17.5 Å². The van der Waals surface area contributed by atoms with Gasteiger partial charge in [0.05, 0.1) is 17.5 Å². The first kappa shape index (κ1) is 18.2. The Morgan fingerprint density at radius 3 is 2.70 bits per heavy atom. The van der Waals surface area contributed by atoms with Crippen molar-refractivity contribution >= 4 is 16.7 Å². The van der Waals surface area contributed by atoms with Gasteiger partial charge in [-0.3, -0.25) is 13.7 Å². The van der Waals surface area contributed by atoms with E-state index >= 15 is 0 Å². The van der Waals surface area contributed by atoms with Gasteiger partial charge in [0.1, 0.15) is 0 Å². The molecule has 1 fully saturated rings. The smallest absolute Gasteiger partial charge is 0.257 e. The Labute approximate surface area is 141 Å². The lowest BCUT2D eigenvalue weighted by Crippen LogP contribution is -2.34. The minimum Gasteiger partial charge on any atom is -0.338 e. The molecule has 5 nitrogen and oxygen atoms in total. The van der Waals surface area contributed by atoms with E-state index in [1.807, 2.05) is 23.4 Å². The van der Waals surface area contributed by atoms with Gasteiger partial charge in [0.25, 0.3) is 5.91 Å². The van der Waals surface area contributed by atoms with Crippen molar-refractivity contribution in [2.24, 2.45) is 5.92 Å². The van der Waals surface area contributed by atoms with Crippen LogP contribution in [0.4, 0.5) is 0 Å². The molecule has 0 N–H and O–H groups in total. The van der Waals surface area contributed by atoms with E-state index < -0.39 is 10.8 Å². The normalized spacial score (nSPS) is 21.5. The zero-order valence-corrected chi connectivity index (χ0v) is 15.8. The Morgan fingerprint density at radius 2 is 2.09 bits per heavy atom. The van der Waals surface area contributed by atoms with Gasteiger partial charge >= 0.3 is 0 Å². The zero-order valence-electron chi connectivity index (χ0n) is 15.0. The topological polar surface area (TPSA) is 55.2 Å². The number of hydrogen-bond acceptors (Lipinski definition) is 3. The van der Waals surface area contributed by atoms with Crippen molar-refractivity contribution in [3.63, 3.8) is 0 Å². The molecule has 23 heavy (non-hydrogen) atoms. The Kier molecular flexibility index (Phi) is 5.65. The second-order valence-electron chi connectivity index (χ2n) is 7.29. The van der Waals surface area contributed by atoms with Crippen LogP contribution in [0.5, 0.6) is 0 Å². The number of rotatable bonds is 4. The summed E-state index contributed by atoms with van der Waals surface area (Å²) in [5.41, 5.74) is 1.71. The molecule has 0 aromatic carbocycles. The fourth-order valence-corrected chi connectivity index (χ4v) is 4.20. The minimum absolute atomic E-state index is 0.0338. The van der Waals surface area contributed by atoms with E-state index in [-0.39, 0.29) is 10.7 Å². The number of carbonyl (C=O) groups is 1. The largest absolute Gasteiger partial charge is 0.338 e. The van der Waals surface area contributed by atoms with Gasteiger partial charge < -0.3 is 4.90 Å². The molecule has 0 spiro atoms. The second kappa shape index (κ2) is 7.16. The number of hydrogen-bond donors (Lipinski definition) is 0. The van der Waals surface area contributed by atoms with Crippen molar-refractivity contribution in [1.29, 1.82) is 0 Å². The predicted molar refractivity (Wildman–Crippen MR) is 94.1 cm³/mol. The summed E-state index contributed by atoms with van der Waals surface area (Å²) in [5, 5.41) is 4.42. The first-order valence-electron chi connectivity index (χ1n) is 8.48.